The number of carbonyl (C=O) groups excluding carboxylic acids is 2. The summed E-state index contributed by atoms with van der Waals surface area (Å²) >= 11 is 4.89. The monoisotopic (exact) mass is 418 g/mol. The molecule has 1 aromatic heterocycles. The van der Waals surface area contributed by atoms with Gasteiger partial charge >= 0.3 is 0 Å². The predicted octanol–water partition coefficient (Wildman–Crippen LogP) is 4.21. The molecule has 0 bridgehead atoms. The predicted molar refractivity (Wildman–Crippen MR) is 102 cm³/mol. The van der Waals surface area contributed by atoms with Gasteiger partial charge in [0.05, 0.1) is 8.66 Å². The van der Waals surface area contributed by atoms with Crippen LogP contribution in [0.25, 0.3) is 0 Å². The van der Waals surface area contributed by atoms with Crippen molar-refractivity contribution in [1.29, 1.82) is 0 Å². The molecule has 1 heterocycles. The molecule has 2 fully saturated rings. The fraction of sp³-hybridized carbons (Fsp3) is 0.368. The average Bonchev–Trinajstić information content (AvgIpc) is 3.53. The Labute approximate surface area is 159 Å². The number of amides is 2. The van der Waals surface area contributed by atoms with E-state index in [1.807, 2.05) is 41.3 Å². The number of benzene rings is 1. The van der Waals surface area contributed by atoms with Crippen LogP contribution in [0.4, 0.5) is 0 Å². The molecule has 2 aliphatic rings. The number of hydrogen-bond acceptors (Lipinski definition) is 3. The Kier molecular flexibility index (Phi) is 4.65. The molecule has 6 heteroatoms. The maximum Gasteiger partial charge on any atom is 0.264 e. The molecule has 1 N–H and O–H groups in total. The van der Waals surface area contributed by atoms with E-state index in [1.165, 1.54) is 11.3 Å². The minimum atomic E-state index is -0.00684. The lowest BCUT2D eigenvalue weighted by atomic mass is 10.1. The van der Waals surface area contributed by atoms with E-state index >= 15 is 0 Å². The summed E-state index contributed by atoms with van der Waals surface area (Å²) in [5, 5.41) is 2.99. The highest BCUT2D eigenvalue weighted by atomic mass is 79.9. The normalized spacial score (nSPS) is 16.5. The summed E-state index contributed by atoms with van der Waals surface area (Å²) in [6.45, 7) is 0.587. The third kappa shape index (κ3) is 4.12. The molecule has 4 rings (SSSR count). The van der Waals surface area contributed by atoms with Gasteiger partial charge in [0.15, 0.2) is 0 Å². The number of halogens is 1. The van der Waals surface area contributed by atoms with Gasteiger partial charge in [-0.05, 0) is 71.4 Å². The van der Waals surface area contributed by atoms with Gasteiger partial charge in [0.25, 0.3) is 11.8 Å². The fourth-order valence-corrected chi connectivity index (χ4v) is 4.12. The third-order valence-corrected chi connectivity index (χ3v) is 6.13. The Morgan fingerprint density at radius 2 is 1.80 bits per heavy atom. The molecular weight excluding hydrogens is 400 g/mol. The van der Waals surface area contributed by atoms with Crippen LogP contribution in [-0.4, -0.2) is 28.8 Å². The summed E-state index contributed by atoms with van der Waals surface area (Å²) in [6.07, 6.45) is 4.31. The van der Waals surface area contributed by atoms with E-state index in [4.69, 9.17) is 0 Å². The molecular formula is C19H19BrN2O2S. The van der Waals surface area contributed by atoms with Gasteiger partial charge in [0.2, 0.25) is 0 Å². The average molecular weight is 419 g/mol. The Hall–Kier alpha value is -1.66. The summed E-state index contributed by atoms with van der Waals surface area (Å²) in [7, 11) is 0. The van der Waals surface area contributed by atoms with Gasteiger partial charge in [-0.2, -0.15) is 0 Å². The van der Waals surface area contributed by atoms with Crippen molar-refractivity contribution in [1.82, 2.24) is 10.2 Å². The maximum absolute atomic E-state index is 12.8. The van der Waals surface area contributed by atoms with E-state index in [-0.39, 0.29) is 11.8 Å². The van der Waals surface area contributed by atoms with Crippen molar-refractivity contribution in [3.63, 3.8) is 0 Å². The van der Waals surface area contributed by atoms with Crippen LogP contribution in [0.1, 0.15) is 51.3 Å². The Bertz CT molecular complexity index is 794. The topological polar surface area (TPSA) is 49.4 Å². The Morgan fingerprint density at radius 1 is 1.08 bits per heavy atom. The second-order valence-electron chi connectivity index (χ2n) is 6.71. The van der Waals surface area contributed by atoms with Gasteiger partial charge in [0.1, 0.15) is 0 Å². The molecule has 2 aliphatic carbocycles. The van der Waals surface area contributed by atoms with Gasteiger partial charge in [0, 0.05) is 24.2 Å². The summed E-state index contributed by atoms with van der Waals surface area (Å²) in [6, 6.07) is 12.1. The van der Waals surface area contributed by atoms with Crippen LogP contribution >= 0.6 is 27.3 Å². The lowest BCUT2D eigenvalue weighted by Gasteiger charge is -2.22. The van der Waals surface area contributed by atoms with Crippen molar-refractivity contribution in [2.45, 2.75) is 44.3 Å². The van der Waals surface area contributed by atoms with E-state index in [9.17, 15) is 9.59 Å². The second-order valence-corrected chi connectivity index (χ2v) is 9.18. The van der Waals surface area contributed by atoms with Crippen LogP contribution in [-0.2, 0) is 6.54 Å². The largest absolute Gasteiger partial charge is 0.349 e. The zero-order chi connectivity index (χ0) is 17.4. The van der Waals surface area contributed by atoms with Crippen LogP contribution < -0.4 is 5.32 Å². The fourth-order valence-electron chi connectivity index (χ4n) is 2.78. The molecule has 0 aliphatic heterocycles. The van der Waals surface area contributed by atoms with E-state index in [0.29, 0.717) is 24.2 Å². The van der Waals surface area contributed by atoms with Crippen molar-refractivity contribution in [3.8, 4) is 0 Å². The molecule has 0 atom stereocenters. The summed E-state index contributed by atoms with van der Waals surface area (Å²) in [4.78, 5) is 27.6. The minimum absolute atomic E-state index is 0.00684. The van der Waals surface area contributed by atoms with Gasteiger partial charge in [-0.3, -0.25) is 9.59 Å². The first-order chi connectivity index (χ1) is 12.1. The molecule has 0 spiro atoms. The second kappa shape index (κ2) is 6.92. The summed E-state index contributed by atoms with van der Waals surface area (Å²) in [5.74, 6) is 0.0846. The molecule has 0 unspecified atom stereocenters. The number of thiophene rings is 1. The van der Waals surface area contributed by atoms with Crippen LogP contribution in [0.5, 0.6) is 0 Å². The highest BCUT2D eigenvalue weighted by molar-refractivity contribution is 9.11. The summed E-state index contributed by atoms with van der Waals surface area (Å²) in [5.41, 5.74) is 1.74. The molecule has 1 aromatic carbocycles. The lowest BCUT2D eigenvalue weighted by Crippen LogP contribution is -2.32. The molecule has 130 valence electrons. The number of nitrogens with zero attached hydrogens (tertiary/aromatic N) is 1. The first-order valence-electron chi connectivity index (χ1n) is 8.56. The van der Waals surface area contributed by atoms with Crippen molar-refractivity contribution >= 4 is 39.1 Å². The molecule has 2 saturated carbocycles. The Morgan fingerprint density at radius 3 is 2.36 bits per heavy atom. The van der Waals surface area contributed by atoms with Gasteiger partial charge < -0.3 is 10.2 Å². The number of nitrogens with one attached hydrogen (secondary N) is 1. The zero-order valence-electron chi connectivity index (χ0n) is 13.7. The number of hydrogen-bond donors (Lipinski definition) is 1. The smallest absolute Gasteiger partial charge is 0.264 e. The van der Waals surface area contributed by atoms with Crippen LogP contribution in [0.2, 0.25) is 0 Å². The van der Waals surface area contributed by atoms with Crippen molar-refractivity contribution < 1.29 is 9.59 Å². The molecule has 0 saturated heterocycles. The molecule has 4 nitrogen and oxygen atoms in total. The molecule has 2 aromatic rings. The quantitative estimate of drug-likeness (QED) is 0.763. The van der Waals surface area contributed by atoms with E-state index in [2.05, 4.69) is 21.2 Å². The van der Waals surface area contributed by atoms with Crippen LogP contribution in [0, 0.1) is 0 Å². The standard InChI is InChI=1S/C19H19BrN2O2S/c20-17-10-9-16(25-17)19(24)22(15-7-8-15)11-12-1-3-13(4-2-12)18(23)21-14-5-6-14/h1-4,9-10,14-15H,5-8,11H2,(H,21,23). The highest BCUT2D eigenvalue weighted by Gasteiger charge is 2.33. The first kappa shape index (κ1) is 16.8. The molecule has 0 radical (unpaired) electrons. The number of rotatable bonds is 6. The van der Waals surface area contributed by atoms with Gasteiger partial charge in [-0.15, -0.1) is 11.3 Å². The number of carbonyl (C=O) groups is 2. The SMILES string of the molecule is O=C(NC1CC1)c1ccc(CN(C(=O)c2ccc(Br)s2)C2CC2)cc1. The first-order valence-corrected chi connectivity index (χ1v) is 10.2. The van der Waals surface area contributed by atoms with Crippen molar-refractivity contribution in [3.05, 3.63) is 56.2 Å². The molecule has 25 heavy (non-hydrogen) atoms. The van der Waals surface area contributed by atoms with Crippen LogP contribution in [0.3, 0.4) is 0 Å². The van der Waals surface area contributed by atoms with E-state index < -0.39 is 0 Å². The minimum Gasteiger partial charge on any atom is -0.349 e. The highest BCUT2D eigenvalue weighted by Crippen LogP contribution is 2.32. The van der Waals surface area contributed by atoms with Crippen LogP contribution in [0.15, 0.2) is 40.2 Å². The van der Waals surface area contributed by atoms with E-state index in [0.717, 1.165) is 39.9 Å². The third-order valence-electron chi connectivity index (χ3n) is 4.51. The van der Waals surface area contributed by atoms with Gasteiger partial charge in [-0.25, -0.2) is 0 Å². The van der Waals surface area contributed by atoms with E-state index in [1.54, 1.807) is 0 Å². The summed E-state index contributed by atoms with van der Waals surface area (Å²) < 4.78 is 0.970. The maximum atomic E-state index is 12.8. The Balaban J connectivity index is 1.45. The van der Waals surface area contributed by atoms with Crippen molar-refractivity contribution in [2.75, 3.05) is 0 Å². The molecule has 2 amide bonds. The van der Waals surface area contributed by atoms with Gasteiger partial charge in [-0.1, -0.05) is 12.1 Å². The lowest BCUT2D eigenvalue weighted by molar-refractivity contribution is 0.0734. The van der Waals surface area contributed by atoms with Crippen molar-refractivity contribution in [2.24, 2.45) is 0 Å². The zero-order valence-corrected chi connectivity index (χ0v) is 16.1.